The first-order valence-electron chi connectivity index (χ1n) is 14.3. The number of rotatable bonds is 19. The molecule has 0 saturated heterocycles. The van der Waals surface area contributed by atoms with Crippen LogP contribution in [-0.4, -0.2) is 38.2 Å². The Hall–Kier alpha value is -3.03. The number of allylic oxidation sites excluding steroid dienone is 1. The van der Waals surface area contributed by atoms with Crippen LogP contribution in [0.1, 0.15) is 44.4 Å². The average molecular weight is 630 g/mol. The first-order valence-corrected chi connectivity index (χ1v) is 17.5. The maximum atomic E-state index is 13.7. The van der Waals surface area contributed by atoms with Gasteiger partial charge in [-0.05, 0) is 62.6 Å². The van der Waals surface area contributed by atoms with Crippen molar-refractivity contribution in [1.82, 2.24) is 0 Å². The Labute approximate surface area is 254 Å². The van der Waals surface area contributed by atoms with E-state index in [1.54, 1.807) is 39.8 Å². The van der Waals surface area contributed by atoms with Gasteiger partial charge in [-0.3, -0.25) is 14.1 Å². The molecule has 0 aliphatic carbocycles. The Balaban J connectivity index is 1.87. The molecule has 0 fully saturated rings. The lowest BCUT2D eigenvalue weighted by molar-refractivity contribution is 0.196. The number of nitrogens with zero attached hydrogens (tertiary/aromatic N) is 1. The SMILES string of the molecule is CCOP(=O)(OCC)C(/N=C/C=C/c1ccc(OCc2ccccc2)c(OCc2ccccc2)c1)P(=O)(OCC)OCC. The van der Waals surface area contributed by atoms with E-state index in [4.69, 9.17) is 27.6 Å². The molecule has 0 aromatic heterocycles. The predicted molar refractivity (Wildman–Crippen MR) is 171 cm³/mol. The summed E-state index contributed by atoms with van der Waals surface area (Å²) in [6.07, 6.45) is 4.82. The molecule has 11 heteroatoms. The molecule has 0 bridgehead atoms. The lowest BCUT2D eigenvalue weighted by atomic mass is 10.2. The van der Waals surface area contributed by atoms with Gasteiger partial charge in [-0.25, -0.2) is 0 Å². The molecule has 43 heavy (non-hydrogen) atoms. The zero-order chi connectivity index (χ0) is 31.0. The van der Waals surface area contributed by atoms with Crippen LogP contribution < -0.4 is 9.47 Å². The smallest absolute Gasteiger partial charge is 0.367 e. The lowest BCUT2D eigenvalue weighted by Crippen LogP contribution is -2.16. The molecular weight excluding hydrogens is 588 g/mol. The summed E-state index contributed by atoms with van der Waals surface area (Å²) < 4.78 is 61.5. The molecule has 0 N–H and O–H groups in total. The van der Waals surface area contributed by atoms with Crippen molar-refractivity contribution in [3.63, 3.8) is 0 Å². The molecule has 0 spiro atoms. The number of ether oxygens (including phenoxy) is 2. The van der Waals surface area contributed by atoms with Crippen LogP contribution in [-0.2, 0) is 40.4 Å². The van der Waals surface area contributed by atoms with Crippen LogP contribution in [0.4, 0.5) is 0 Å². The minimum atomic E-state index is -3.99. The minimum Gasteiger partial charge on any atom is -0.485 e. The Kier molecular flexibility index (Phi) is 14.4. The van der Waals surface area contributed by atoms with Gasteiger partial charge in [0.05, 0.1) is 26.4 Å². The largest absolute Gasteiger partial charge is 0.485 e. The molecule has 3 aromatic rings. The van der Waals surface area contributed by atoms with E-state index in [0.29, 0.717) is 24.7 Å². The maximum absolute atomic E-state index is 13.7. The van der Waals surface area contributed by atoms with Gasteiger partial charge in [0.1, 0.15) is 13.2 Å². The van der Waals surface area contributed by atoms with Crippen LogP contribution in [0, 0.1) is 0 Å². The van der Waals surface area contributed by atoms with Gasteiger partial charge < -0.3 is 27.6 Å². The van der Waals surface area contributed by atoms with E-state index in [1.807, 2.05) is 78.9 Å². The summed E-state index contributed by atoms with van der Waals surface area (Å²) >= 11 is 0. The summed E-state index contributed by atoms with van der Waals surface area (Å²) in [6, 6.07) is 25.4. The first-order chi connectivity index (χ1) is 20.9. The van der Waals surface area contributed by atoms with Crippen molar-refractivity contribution >= 4 is 27.5 Å². The fourth-order valence-electron chi connectivity index (χ4n) is 4.01. The van der Waals surface area contributed by atoms with Crippen LogP contribution >= 0.6 is 15.2 Å². The number of aliphatic imine (C=N–C) groups is 1. The third-order valence-corrected chi connectivity index (χ3v) is 11.4. The number of hydrogen-bond donors (Lipinski definition) is 0. The molecule has 0 aliphatic heterocycles. The molecular formula is C32H41NO8P2. The lowest BCUT2D eigenvalue weighted by Gasteiger charge is -2.28. The summed E-state index contributed by atoms with van der Waals surface area (Å²) in [5.74, 6) is 1.18. The highest BCUT2D eigenvalue weighted by Crippen LogP contribution is 2.70. The third-order valence-electron chi connectivity index (χ3n) is 5.84. The van der Waals surface area contributed by atoms with Crippen molar-refractivity contribution in [3.8, 4) is 11.5 Å². The predicted octanol–water partition coefficient (Wildman–Crippen LogP) is 8.74. The normalized spacial score (nSPS) is 12.4. The Morgan fingerprint density at radius 2 is 1.12 bits per heavy atom. The molecule has 0 heterocycles. The average Bonchev–Trinajstić information content (AvgIpc) is 3.00. The molecule has 3 rings (SSSR count). The van der Waals surface area contributed by atoms with Crippen LogP contribution in [0.25, 0.3) is 6.08 Å². The van der Waals surface area contributed by atoms with E-state index in [2.05, 4.69) is 4.99 Å². The molecule has 3 aromatic carbocycles. The molecule has 0 aliphatic rings. The Morgan fingerprint density at radius 1 is 0.651 bits per heavy atom. The number of hydrogen-bond acceptors (Lipinski definition) is 9. The van der Waals surface area contributed by atoms with E-state index in [9.17, 15) is 9.13 Å². The fourth-order valence-corrected chi connectivity index (χ4v) is 8.80. The van der Waals surface area contributed by atoms with E-state index >= 15 is 0 Å². The van der Waals surface area contributed by atoms with Gasteiger partial charge in [0, 0.05) is 6.21 Å². The van der Waals surface area contributed by atoms with Crippen molar-refractivity contribution in [3.05, 3.63) is 102 Å². The van der Waals surface area contributed by atoms with Gasteiger partial charge in [-0.1, -0.05) is 72.8 Å². The monoisotopic (exact) mass is 629 g/mol. The van der Waals surface area contributed by atoms with Crippen LogP contribution in [0.2, 0.25) is 0 Å². The van der Waals surface area contributed by atoms with Crippen molar-refractivity contribution in [2.24, 2.45) is 4.99 Å². The molecule has 0 amide bonds. The molecule has 0 unspecified atom stereocenters. The molecule has 9 nitrogen and oxygen atoms in total. The zero-order valence-electron chi connectivity index (χ0n) is 25.2. The van der Waals surface area contributed by atoms with Gasteiger partial charge >= 0.3 is 15.2 Å². The van der Waals surface area contributed by atoms with Crippen LogP contribution in [0.3, 0.4) is 0 Å². The van der Waals surface area contributed by atoms with Gasteiger partial charge in [0.2, 0.25) is 0 Å². The van der Waals surface area contributed by atoms with Gasteiger partial charge in [0.25, 0.3) is 5.52 Å². The van der Waals surface area contributed by atoms with Crippen LogP contribution in [0.5, 0.6) is 11.5 Å². The number of benzene rings is 3. The highest BCUT2D eigenvalue weighted by molar-refractivity contribution is 7.72. The summed E-state index contributed by atoms with van der Waals surface area (Å²) in [5.41, 5.74) is 1.38. The highest BCUT2D eigenvalue weighted by atomic mass is 31.2. The van der Waals surface area contributed by atoms with E-state index < -0.39 is 20.7 Å². The molecule has 0 saturated carbocycles. The summed E-state index contributed by atoms with van der Waals surface area (Å²) in [6.45, 7) is 7.73. The van der Waals surface area contributed by atoms with E-state index in [1.165, 1.54) is 6.21 Å². The van der Waals surface area contributed by atoms with Crippen molar-refractivity contribution in [1.29, 1.82) is 0 Å². The van der Waals surface area contributed by atoms with Gasteiger partial charge in [0.15, 0.2) is 11.5 Å². The summed E-state index contributed by atoms with van der Waals surface area (Å²) in [4.78, 5) is 4.34. The van der Waals surface area contributed by atoms with Crippen molar-refractivity contribution < 1.29 is 36.7 Å². The maximum Gasteiger partial charge on any atom is 0.367 e. The Bertz CT molecular complexity index is 1350. The second-order valence-corrected chi connectivity index (χ2v) is 13.6. The summed E-state index contributed by atoms with van der Waals surface area (Å²) in [7, 11) is -7.98. The van der Waals surface area contributed by atoms with Crippen molar-refractivity contribution in [2.75, 3.05) is 26.4 Å². The first kappa shape index (κ1) is 34.5. The highest BCUT2D eigenvalue weighted by Gasteiger charge is 2.50. The minimum absolute atomic E-state index is 0.0713. The van der Waals surface area contributed by atoms with Gasteiger partial charge in [-0.15, -0.1) is 0 Å². The van der Waals surface area contributed by atoms with Crippen molar-refractivity contribution in [2.45, 2.75) is 46.4 Å². The third kappa shape index (κ3) is 10.6. The summed E-state index contributed by atoms with van der Waals surface area (Å²) in [5, 5.41) is 0. The molecule has 232 valence electrons. The van der Waals surface area contributed by atoms with Gasteiger partial charge in [-0.2, -0.15) is 0 Å². The van der Waals surface area contributed by atoms with E-state index in [-0.39, 0.29) is 26.4 Å². The quantitative estimate of drug-likeness (QED) is 0.0958. The standard InChI is InChI=1S/C32H41NO8P2/c1-5-38-42(34,39-6-2)32(43(35,40-7-3)41-8-4)33-23-15-20-27-21-22-30(36-25-28-16-11-9-12-17-28)31(24-27)37-26-29-18-13-10-14-19-29/h9-24,32H,5-8,25-26H2,1-4H3/b20-15+,33-23+. The topological polar surface area (TPSA) is 102 Å². The molecule has 0 radical (unpaired) electrons. The Morgan fingerprint density at radius 3 is 1.58 bits per heavy atom. The van der Waals surface area contributed by atoms with Crippen LogP contribution in [0.15, 0.2) is 89.9 Å². The second-order valence-electron chi connectivity index (χ2n) is 9.01. The molecule has 0 atom stereocenters. The second kappa shape index (κ2) is 17.9. The fraction of sp³-hybridized carbons (Fsp3) is 0.344. The zero-order valence-corrected chi connectivity index (χ0v) is 27.0. The van der Waals surface area contributed by atoms with E-state index in [0.717, 1.165) is 16.7 Å².